The number of carboxylic acid groups (broad SMARTS) is 1. The van der Waals surface area contributed by atoms with E-state index in [1.807, 2.05) is 0 Å². The molecule has 1 N–H and O–H groups in total. The molecule has 0 heterocycles. The molecule has 72 valence electrons. The second-order valence-electron chi connectivity index (χ2n) is 1.98. The number of allylic oxidation sites excluding steroid dienone is 5. The molecule has 0 aromatic carbocycles. The zero-order valence-electron chi connectivity index (χ0n) is 6.45. The molecule has 0 bridgehead atoms. The first kappa shape index (κ1) is 11.5. The molecule has 0 aromatic rings. The minimum absolute atomic E-state index is 0.0537. The maximum Gasteiger partial charge on any atom is 0.409 e. The van der Waals surface area contributed by atoms with Gasteiger partial charge in [-0.15, -0.1) is 0 Å². The molecule has 0 aliphatic heterocycles. The Hall–Kier alpha value is -1.52. The molecule has 0 aliphatic rings. The monoisotopic (exact) mass is 192 g/mol. The molecular weight excluding hydrogens is 185 g/mol. The second-order valence-corrected chi connectivity index (χ2v) is 1.98. The van der Waals surface area contributed by atoms with Crippen LogP contribution in [-0.4, -0.2) is 17.3 Å². The smallest absolute Gasteiger partial charge is 0.409 e. The van der Waals surface area contributed by atoms with Crippen molar-refractivity contribution in [2.24, 2.45) is 0 Å². The number of alkyl halides is 3. The molecule has 0 rings (SSSR count). The lowest BCUT2D eigenvalue weighted by Crippen LogP contribution is -1.99. The Morgan fingerprint density at radius 1 is 1.08 bits per heavy atom. The quantitative estimate of drug-likeness (QED) is 0.550. The van der Waals surface area contributed by atoms with Crippen molar-refractivity contribution in [1.29, 1.82) is 0 Å². The summed E-state index contributed by atoms with van der Waals surface area (Å²) in [5, 5.41) is 8.08. The predicted octanol–water partition coefficient (Wildman–Crippen LogP) is 2.30. The summed E-state index contributed by atoms with van der Waals surface area (Å²) in [5.74, 6) is -1.15. The fourth-order valence-corrected chi connectivity index (χ4v) is 0.431. The summed E-state index contributed by atoms with van der Waals surface area (Å²) >= 11 is 0. The van der Waals surface area contributed by atoms with Crippen molar-refractivity contribution in [2.45, 2.75) is 6.18 Å². The van der Waals surface area contributed by atoms with E-state index in [0.717, 1.165) is 24.3 Å². The molecule has 0 aliphatic carbocycles. The molecule has 0 saturated carbocycles. The molecule has 0 aromatic heterocycles. The van der Waals surface area contributed by atoms with Crippen molar-refractivity contribution >= 4 is 5.97 Å². The largest absolute Gasteiger partial charge is 0.478 e. The minimum atomic E-state index is -4.33. The summed E-state index contributed by atoms with van der Waals surface area (Å²) in [4.78, 5) is 9.87. The summed E-state index contributed by atoms with van der Waals surface area (Å²) in [5.41, 5.74) is 0. The van der Waals surface area contributed by atoms with Gasteiger partial charge in [-0.3, -0.25) is 0 Å². The molecule has 0 fully saturated rings. The summed E-state index contributed by atoms with van der Waals surface area (Å²) in [7, 11) is 0. The number of hydrogen-bond acceptors (Lipinski definition) is 1. The van der Waals surface area contributed by atoms with Crippen molar-refractivity contribution in [2.75, 3.05) is 0 Å². The van der Waals surface area contributed by atoms with Crippen LogP contribution in [0, 0.1) is 0 Å². The molecule has 2 nitrogen and oxygen atoms in total. The molecule has 0 atom stereocenters. The Kier molecular flexibility index (Phi) is 4.58. The lowest BCUT2D eigenvalue weighted by atomic mass is 10.4. The van der Waals surface area contributed by atoms with Gasteiger partial charge in [0.25, 0.3) is 0 Å². The number of rotatable bonds is 3. The summed E-state index contributed by atoms with van der Waals surface area (Å²) < 4.78 is 34.4. The lowest BCUT2D eigenvalue weighted by Gasteiger charge is -1.94. The van der Waals surface area contributed by atoms with Gasteiger partial charge in [0.15, 0.2) is 0 Å². The Morgan fingerprint density at radius 2 is 1.62 bits per heavy atom. The molecule has 13 heavy (non-hydrogen) atoms. The SMILES string of the molecule is O=C(O)C=CC=CC=CC(F)(F)F. The van der Waals surface area contributed by atoms with Crippen LogP contribution in [0.25, 0.3) is 0 Å². The number of halogens is 3. The van der Waals surface area contributed by atoms with E-state index in [0.29, 0.717) is 0 Å². The third-order valence-electron chi connectivity index (χ3n) is 0.857. The zero-order chi connectivity index (χ0) is 10.3. The number of aliphatic carboxylic acids is 1. The first-order chi connectivity index (χ1) is 5.92. The Morgan fingerprint density at radius 3 is 2.08 bits per heavy atom. The third-order valence-corrected chi connectivity index (χ3v) is 0.857. The lowest BCUT2D eigenvalue weighted by molar-refractivity contribution is -0.131. The normalized spacial score (nSPS) is 13.5. The predicted molar refractivity (Wildman–Crippen MR) is 41.1 cm³/mol. The van der Waals surface area contributed by atoms with Crippen molar-refractivity contribution in [3.8, 4) is 0 Å². The van der Waals surface area contributed by atoms with E-state index in [1.165, 1.54) is 6.08 Å². The molecule has 5 heteroatoms. The fraction of sp³-hybridized carbons (Fsp3) is 0.125. The number of carboxylic acids is 1. The van der Waals surface area contributed by atoms with Gasteiger partial charge in [0.2, 0.25) is 0 Å². The highest BCUT2D eigenvalue weighted by molar-refractivity contribution is 5.80. The molecule has 0 radical (unpaired) electrons. The summed E-state index contributed by atoms with van der Waals surface area (Å²) in [6.45, 7) is 0. The third kappa shape index (κ3) is 10.5. The molecule has 0 spiro atoms. The summed E-state index contributed by atoms with van der Waals surface area (Å²) in [6, 6.07) is 0. The number of carbonyl (C=O) groups is 1. The maximum absolute atomic E-state index is 11.5. The maximum atomic E-state index is 11.5. The highest BCUT2D eigenvalue weighted by Crippen LogP contribution is 2.15. The van der Waals surface area contributed by atoms with E-state index in [-0.39, 0.29) is 6.08 Å². The van der Waals surface area contributed by atoms with E-state index in [2.05, 4.69) is 0 Å². The summed E-state index contributed by atoms with van der Waals surface area (Å²) in [6.07, 6.45) is 0.732. The van der Waals surface area contributed by atoms with Crippen molar-refractivity contribution in [1.82, 2.24) is 0 Å². The van der Waals surface area contributed by atoms with Crippen LogP contribution >= 0.6 is 0 Å². The molecule has 0 unspecified atom stereocenters. The van der Waals surface area contributed by atoms with Gasteiger partial charge in [0.05, 0.1) is 0 Å². The zero-order valence-corrected chi connectivity index (χ0v) is 6.45. The van der Waals surface area contributed by atoms with Crippen molar-refractivity contribution in [3.05, 3.63) is 36.5 Å². The van der Waals surface area contributed by atoms with Gasteiger partial charge in [0, 0.05) is 12.2 Å². The van der Waals surface area contributed by atoms with Gasteiger partial charge in [-0.25, -0.2) is 4.79 Å². The fourth-order valence-electron chi connectivity index (χ4n) is 0.431. The van der Waals surface area contributed by atoms with Gasteiger partial charge in [0.1, 0.15) is 0 Å². The highest BCUT2D eigenvalue weighted by Gasteiger charge is 2.20. The molecule has 0 saturated heterocycles. The Labute approximate surface area is 72.7 Å². The van der Waals surface area contributed by atoms with E-state index >= 15 is 0 Å². The van der Waals surface area contributed by atoms with Gasteiger partial charge in [-0.2, -0.15) is 13.2 Å². The van der Waals surface area contributed by atoms with E-state index in [1.54, 1.807) is 0 Å². The van der Waals surface area contributed by atoms with Crippen molar-refractivity contribution < 1.29 is 23.1 Å². The standard InChI is InChI=1S/C8H7F3O2/c9-8(10,11)6-4-2-1-3-5-7(12)13/h1-6H,(H,12,13). The van der Waals surface area contributed by atoms with Gasteiger partial charge in [-0.1, -0.05) is 24.3 Å². The second kappa shape index (κ2) is 5.18. The van der Waals surface area contributed by atoms with Gasteiger partial charge >= 0.3 is 12.1 Å². The van der Waals surface area contributed by atoms with Crippen LogP contribution in [0.3, 0.4) is 0 Å². The van der Waals surface area contributed by atoms with E-state index < -0.39 is 12.1 Å². The highest BCUT2D eigenvalue weighted by atomic mass is 19.4. The van der Waals surface area contributed by atoms with Crippen LogP contribution in [0.2, 0.25) is 0 Å². The van der Waals surface area contributed by atoms with Crippen LogP contribution in [0.4, 0.5) is 13.2 Å². The number of hydrogen-bond donors (Lipinski definition) is 1. The van der Waals surface area contributed by atoms with Gasteiger partial charge in [-0.05, 0) is 0 Å². The minimum Gasteiger partial charge on any atom is -0.478 e. The van der Waals surface area contributed by atoms with Gasteiger partial charge < -0.3 is 5.11 Å². The van der Waals surface area contributed by atoms with Crippen LogP contribution in [0.5, 0.6) is 0 Å². The van der Waals surface area contributed by atoms with Crippen molar-refractivity contribution in [3.63, 3.8) is 0 Å². The first-order valence-corrected chi connectivity index (χ1v) is 3.24. The topological polar surface area (TPSA) is 37.3 Å². The molecule has 0 amide bonds. The average Bonchev–Trinajstić information content (AvgIpc) is 1.93. The van der Waals surface area contributed by atoms with Crippen LogP contribution in [0.15, 0.2) is 36.5 Å². The van der Waals surface area contributed by atoms with Crippen LogP contribution in [0.1, 0.15) is 0 Å². The average molecular weight is 192 g/mol. The van der Waals surface area contributed by atoms with E-state index in [9.17, 15) is 18.0 Å². The Bertz CT molecular complexity index is 249. The van der Waals surface area contributed by atoms with E-state index in [4.69, 9.17) is 5.11 Å². The van der Waals surface area contributed by atoms with Crippen LogP contribution < -0.4 is 0 Å². The Balaban J connectivity index is 3.89. The first-order valence-electron chi connectivity index (χ1n) is 3.24. The molecular formula is C8H7F3O2. The van der Waals surface area contributed by atoms with Crippen LogP contribution in [-0.2, 0) is 4.79 Å².